The van der Waals surface area contributed by atoms with Crippen LogP contribution < -0.4 is 5.56 Å². The van der Waals surface area contributed by atoms with Gasteiger partial charge in [-0.1, -0.05) is 12.1 Å². The first-order chi connectivity index (χ1) is 14.3. The number of pyridine rings is 1. The number of piperazine rings is 1. The van der Waals surface area contributed by atoms with Crippen molar-refractivity contribution in [3.63, 3.8) is 0 Å². The zero-order chi connectivity index (χ0) is 21.5. The summed E-state index contributed by atoms with van der Waals surface area (Å²) in [6.07, 6.45) is 2.85. The van der Waals surface area contributed by atoms with Crippen LogP contribution in [0.2, 0.25) is 0 Å². The molecule has 3 heterocycles. The fourth-order valence-corrected chi connectivity index (χ4v) is 5.01. The Balaban J connectivity index is 1.52. The molecule has 0 atom stereocenters. The SMILES string of the molecule is Cc1ccc(S(=O)(=O)N2CCN(C(=O)c3cnc4ccccn4c3=O)CC2)cc1C. The average molecular weight is 426 g/mol. The third-order valence-corrected chi connectivity index (χ3v) is 7.38. The van der Waals surface area contributed by atoms with Crippen molar-refractivity contribution in [2.24, 2.45) is 0 Å². The molecule has 0 N–H and O–H groups in total. The van der Waals surface area contributed by atoms with Crippen molar-refractivity contribution in [3.05, 3.63) is 75.8 Å². The number of hydrogen-bond acceptors (Lipinski definition) is 5. The molecule has 0 spiro atoms. The molecular formula is C21H22N4O4S. The lowest BCUT2D eigenvalue weighted by Crippen LogP contribution is -2.51. The van der Waals surface area contributed by atoms with Crippen molar-refractivity contribution in [1.29, 1.82) is 0 Å². The largest absolute Gasteiger partial charge is 0.336 e. The number of amides is 1. The average Bonchev–Trinajstić information content (AvgIpc) is 2.75. The van der Waals surface area contributed by atoms with Gasteiger partial charge in [-0.25, -0.2) is 13.4 Å². The molecule has 2 aromatic heterocycles. The first-order valence-electron chi connectivity index (χ1n) is 9.62. The lowest BCUT2D eigenvalue weighted by atomic mass is 10.1. The van der Waals surface area contributed by atoms with E-state index in [-0.39, 0.29) is 36.6 Å². The molecule has 0 radical (unpaired) electrons. The molecule has 0 unspecified atom stereocenters. The third kappa shape index (κ3) is 3.50. The summed E-state index contributed by atoms with van der Waals surface area (Å²) < 4.78 is 28.6. The Morgan fingerprint density at radius 3 is 2.43 bits per heavy atom. The Labute approximate surface area is 174 Å². The lowest BCUT2D eigenvalue weighted by molar-refractivity contribution is 0.0695. The van der Waals surface area contributed by atoms with Crippen LogP contribution in [0.4, 0.5) is 0 Å². The van der Waals surface area contributed by atoms with Crippen molar-refractivity contribution in [2.45, 2.75) is 18.7 Å². The number of aryl methyl sites for hydroxylation is 2. The quantitative estimate of drug-likeness (QED) is 0.632. The minimum absolute atomic E-state index is 0.0239. The van der Waals surface area contributed by atoms with Gasteiger partial charge in [0.15, 0.2) is 0 Å². The fraction of sp³-hybridized carbons (Fsp3) is 0.286. The summed E-state index contributed by atoms with van der Waals surface area (Å²) in [5, 5.41) is 0. The molecule has 156 valence electrons. The lowest BCUT2D eigenvalue weighted by Gasteiger charge is -2.34. The van der Waals surface area contributed by atoms with Gasteiger partial charge in [0, 0.05) is 38.6 Å². The Morgan fingerprint density at radius 1 is 1.00 bits per heavy atom. The smallest absolute Gasteiger partial charge is 0.270 e. The van der Waals surface area contributed by atoms with Crippen LogP contribution in [0, 0.1) is 13.8 Å². The van der Waals surface area contributed by atoms with Gasteiger partial charge in [0.05, 0.1) is 4.90 Å². The maximum atomic E-state index is 13.0. The highest BCUT2D eigenvalue weighted by Gasteiger charge is 2.31. The Kier molecular flexibility index (Phi) is 5.17. The molecule has 3 aromatic rings. The monoisotopic (exact) mass is 426 g/mol. The minimum atomic E-state index is -3.63. The standard InChI is InChI=1S/C21H22N4O4S/c1-15-6-7-17(13-16(15)2)30(28,29)24-11-9-23(10-12-24)20(26)18-14-22-19-5-3-4-8-25(19)21(18)27/h3-8,13-14H,9-12H2,1-2H3. The number of fused-ring (bicyclic) bond motifs is 1. The van der Waals surface area contributed by atoms with E-state index in [4.69, 9.17) is 0 Å². The first kappa shape index (κ1) is 20.2. The predicted octanol–water partition coefficient (Wildman–Crippen LogP) is 1.46. The van der Waals surface area contributed by atoms with Gasteiger partial charge in [-0.05, 0) is 49.2 Å². The molecule has 9 heteroatoms. The summed E-state index contributed by atoms with van der Waals surface area (Å²) >= 11 is 0. The van der Waals surface area contributed by atoms with Gasteiger partial charge in [-0.2, -0.15) is 4.31 Å². The summed E-state index contributed by atoms with van der Waals surface area (Å²) in [5.74, 6) is -0.436. The van der Waals surface area contributed by atoms with E-state index in [0.717, 1.165) is 11.1 Å². The molecule has 1 fully saturated rings. The number of carbonyl (C=O) groups excluding carboxylic acids is 1. The van der Waals surface area contributed by atoms with Gasteiger partial charge in [-0.15, -0.1) is 0 Å². The summed E-state index contributed by atoms with van der Waals surface area (Å²) in [5.41, 5.74) is 1.94. The minimum Gasteiger partial charge on any atom is -0.336 e. The second-order valence-electron chi connectivity index (χ2n) is 7.35. The molecular weight excluding hydrogens is 404 g/mol. The van der Waals surface area contributed by atoms with E-state index in [1.165, 1.54) is 19.8 Å². The molecule has 1 amide bonds. The molecule has 1 aliphatic rings. The maximum absolute atomic E-state index is 13.0. The summed E-state index contributed by atoms with van der Waals surface area (Å²) in [6.45, 7) is 4.56. The molecule has 4 rings (SSSR count). The third-order valence-electron chi connectivity index (χ3n) is 5.49. The normalized spacial score (nSPS) is 15.5. The highest BCUT2D eigenvalue weighted by Crippen LogP contribution is 2.21. The maximum Gasteiger partial charge on any atom is 0.270 e. The van der Waals surface area contributed by atoms with Gasteiger partial charge in [0.1, 0.15) is 11.2 Å². The highest BCUT2D eigenvalue weighted by molar-refractivity contribution is 7.89. The van der Waals surface area contributed by atoms with Crippen LogP contribution in [0.1, 0.15) is 21.5 Å². The Morgan fingerprint density at radius 2 is 1.73 bits per heavy atom. The number of aromatic nitrogens is 2. The van der Waals surface area contributed by atoms with Gasteiger partial charge in [-0.3, -0.25) is 14.0 Å². The second-order valence-corrected chi connectivity index (χ2v) is 9.29. The molecule has 0 bridgehead atoms. The van der Waals surface area contributed by atoms with Crippen LogP contribution in [0.5, 0.6) is 0 Å². The number of carbonyl (C=O) groups is 1. The van der Waals surface area contributed by atoms with Gasteiger partial charge < -0.3 is 4.90 Å². The van der Waals surface area contributed by atoms with E-state index in [1.807, 2.05) is 13.8 Å². The summed E-state index contributed by atoms with van der Waals surface area (Å²) in [6, 6.07) is 10.2. The van der Waals surface area contributed by atoms with Crippen LogP contribution >= 0.6 is 0 Å². The zero-order valence-electron chi connectivity index (χ0n) is 16.8. The van der Waals surface area contributed by atoms with E-state index in [0.29, 0.717) is 5.65 Å². The number of rotatable bonds is 3. The predicted molar refractivity (Wildman–Crippen MR) is 112 cm³/mol. The Bertz CT molecular complexity index is 1290. The molecule has 0 saturated carbocycles. The summed E-state index contributed by atoms with van der Waals surface area (Å²) in [7, 11) is -3.63. The zero-order valence-corrected chi connectivity index (χ0v) is 17.6. The van der Waals surface area contributed by atoms with E-state index in [9.17, 15) is 18.0 Å². The number of nitrogens with zero attached hydrogens (tertiary/aromatic N) is 4. The van der Waals surface area contributed by atoms with E-state index in [2.05, 4.69) is 4.98 Å². The number of benzene rings is 1. The molecule has 0 aliphatic carbocycles. The number of hydrogen-bond donors (Lipinski definition) is 0. The fourth-order valence-electron chi connectivity index (χ4n) is 3.50. The highest BCUT2D eigenvalue weighted by atomic mass is 32.2. The van der Waals surface area contributed by atoms with Gasteiger partial charge in [0.2, 0.25) is 10.0 Å². The van der Waals surface area contributed by atoms with Crippen molar-refractivity contribution < 1.29 is 13.2 Å². The van der Waals surface area contributed by atoms with Gasteiger partial charge >= 0.3 is 0 Å². The molecule has 1 saturated heterocycles. The topological polar surface area (TPSA) is 92.1 Å². The van der Waals surface area contributed by atoms with Crippen LogP contribution in [-0.2, 0) is 10.0 Å². The molecule has 8 nitrogen and oxygen atoms in total. The van der Waals surface area contributed by atoms with Crippen LogP contribution in [-0.4, -0.2) is 59.1 Å². The van der Waals surface area contributed by atoms with Crippen molar-refractivity contribution in [1.82, 2.24) is 18.6 Å². The molecule has 1 aromatic carbocycles. The second kappa shape index (κ2) is 7.66. The first-order valence-corrected chi connectivity index (χ1v) is 11.1. The van der Waals surface area contributed by atoms with Crippen molar-refractivity contribution >= 4 is 21.6 Å². The van der Waals surface area contributed by atoms with Crippen LogP contribution in [0.15, 0.2) is 58.5 Å². The van der Waals surface area contributed by atoms with E-state index >= 15 is 0 Å². The molecule has 1 aliphatic heterocycles. The van der Waals surface area contributed by atoms with Crippen molar-refractivity contribution in [3.8, 4) is 0 Å². The van der Waals surface area contributed by atoms with Crippen LogP contribution in [0.3, 0.4) is 0 Å². The molecule has 30 heavy (non-hydrogen) atoms. The van der Waals surface area contributed by atoms with E-state index in [1.54, 1.807) is 42.6 Å². The van der Waals surface area contributed by atoms with Gasteiger partial charge in [0.25, 0.3) is 11.5 Å². The summed E-state index contributed by atoms with van der Waals surface area (Å²) in [4.78, 5) is 31.5. The van der Waals surface area contributed by atoms with E-state index < -0.39 is 21.5 Å². The number of sulfonamides is 1. The Hall–Kier alpha value is -3.04. The van der Waals surface area contributed by atoms with Crippen molar-refractivity contribution in [2.75, 3.05) is 26.2 Å². The van der Waals surface area contributed by atoms with Crippen LogP contribution in [0.25, 0.3) is 5.65 Å².